The van der Waals surface area contributed by atoms with E-state index in [4.69, 9.17) is 0 Å². The lowest BCUT2D eigenvalue weighted by Crippen LogP contribution is -2.45. The van der Waals surface area contributed by atoms with Crippen LogP contribution in [-0.2, 0) is 4.79 Å². The fraction of sp³-hybridized carbons (Fsp3) is 0.848. The van der Waals surface area contributed by atoms with E-state index in [9.17, 15) is 15.0 Å². The maximum absolute atomic E-state index is 12.4. The van der Waals surface area contributed by atoms with Crippen molar-refractivity contribution in [1.29, 1.82) is 0 Å². The second kappa shape index (κ2) is 42.0. The number of allylic oxidation sites excluding steroid dienone is 5. The molecule has 0 rings (SSSR count). The topological polar surface area (TPSA) is 69.6 Å². The third-order valence-electron chi connectivity index (χ3n) is 10.1. The summed E-state index contributed by atoms with van der Waals surface area (Å²) in [4.78, 5) is 12.4. The second-order valence-corrected chi connectivity index (χ2v) is 15.1. The van der Waals surface area contributed by atoms with Crippen LogP contribution in [0, 0.1) is 0 Å². The highest BCUT2D eigenvalue weighted by Crippen LogP contribution is 2.14. The Bertz CT molecular complexity index is 760. The van der Waals surface area contributed by atoms with E-state index in [2.05, 4.69) is 43.5 Å². The molecule has 50 heavy (non-hydrogen) atoms. The Hall–Kier alpha value is -1.39. The van der Waals surface area contributed by atoms with Crippen molar-refractivity contribution in [3.63, 3.8) is 0 Å². The van der Waals surface area contributed by atoms with Gasteiger partial charge in [0.1, 0.15) is 0 Å². The molecule has 294 valence electrons. The first-order valence-corrected chi connectivity index (χ1v) is 22.2. The largest absolute Gasteiger partial charge is 0.394 e. The monoisotopic (exact) mass is 702 g/mol. The first kappa shape index (κ1) is 48.6. The molecular weight excluding hydrogens is 615 g/mol. The van der Waals surface area contributed by atoms with Crippen LogP contribution in [0.1, 0.15) is 232 Å². The average Bonchev–Trinajstić information content (AvgIpc) is 3.12. The summed E-state index contributed by atoms with van der Waals surface area (Å²) >= 11 is 0. The molecule has 0 aromatic carbocycles. The normalized spacial score (nSPS) is 13.3. The second-order valence-electron chi connectivity index (χ2n) is 15.1. The number of hydrogen-bond acceptors (Lipinski definition) is 3. The van der Waals surface area contributed by atoms with Crippen LogP contribution in [-0.4, -0.2) is 34.9 Å². The molecule has 0 aliphatic rings. The van der Waals surface area contributed by atoms with Crippen LogP contribution >= 0.6 is 0 Å². The summed E-state index contributed by atoms with van der Waals surface area (Å²) in [5.41, 5.74) is 0. The maximum Gasteiger partial charge on any atom is 0.220 e. The predicted molar refractivity (Wildman–Crippen MR) is 221 cm³/mol. The van der Waals surface area contributed by atoms with Crippen molar-refractivity contribution < 1.29 is 15.0 Å². The van der Waals surface area contributed by atoms with Crippen LogP contribution in [0.15, 0.2) is 36.5 Å². The highest BCUT2D eigenvalue weighted by atomic mass is 16.3. The van der Waals surface area contributed by atoms with Crippen LogP contribution in [0.25, 0.3) is 0 Å². The van der Waals surface area contributed by atoms with Gasteiger partial charge < -0.3 is 15.5 Å². The van der Waals surface area contributed by atoms with Gasteiger partial charge in [-0.05, 0) is 57.8 Å². The number of rotatable bonds is 40. The number of carbonyl (C=O) groups excluding carboxylic acids is 1. The molecule has 3 N–H and O–H groups in total. The zero-order chi connectivity index (χ0) is 36.4. The average molecular weight is 702 g/mol. The lowest BCUT2D eigenvalue weighted by Gasteiger charge is -2.19. The van der Waals surface area contributed by atoms with Crippen molar-refractivity contribution in [1.82, 2.24) is 5.32 Å². The van der Waals surface area contributed by atoms with E-state index in [-0.39, 0.29) is 12.5 Å². The quantitative estimate of drug-likeness (QED) is 0.0440. The van der Waals surface area contributed by atoms with Crippen LogP contribution in [0.5, 0.6) is 0 Å². The van der Waals surface area contributed by atoms with Crippen molar-refractivity contribution in [3.05, 3.63) is 36.5 Å². The molecule has 2 atom stereocenters. The van der Waals surface area contributed by atoms with E-state index >= 15 is 0 Å². The Morgan fingerprint density at radius 3 is 1.16 bits per heavy atom. The molecule has 4 nitrogen and oxygen atoms in total. The number of unbranched alkanes of at least 4 members (excludes halogenated alkanes) is 29. The van der Waals surface area contributed by atoms with E-state index in [1.807, 2.05) is 6.08 Å². The molecule has 0 heterocycles. The molecule has 0 saturated carbocycles. The van der Waals surface area contributed by atoms with E-state index in [0.29, 0.717) is 6.42 Å². The smallest absolute Gasteiger partial charge is 0.220 e. The Kier molecular flexibility index (Phi) is 40.9. The Morgan fingerprint density at radius 1 is 0.460 bits per heavy atom. The maximum atomic E-state index is 12.4. The molecule has 0 fully saturated rings. The SMILES string of the molecule is CCCCCCCCC/C=C/CC/C=C/C(O)C(CO)NC(=O)CCCCCCCCCCC/C=C\CCCCCCCCCCCCCC. The minimum Gasteiger partial charge on any atom is -0.394 e. The van der Waals surface area contributed by atoms with Gasteiger partial charge in [-0.2, -0.15) is 0 Å². The molecule has 0 spiro atoms. The summed E-state index contributed by atoms with van der Waals surface area (Å²) < 4.78 is 0. The van der Waals surface area contributed by atoms with Crippen LogP contribution < -0.4 is 5.32 Å². The van der Waals surface area contributed by atoms with Gasteiger partial charge in [-0.15, -0.1) is 0 Å². The molecule has 0 aliphatic heterocycles. The van der Waals surface area contributed by atoms with Gasteiger partial charge in [0.15, 0.2) is 0 Å². The van der Waals surface area contributed by atoms with E-state index in [1.54, 1.807) is 6.08 Å². The first-order valence-electron chi connectivity index (χ1n) is 22.2. The van der Waals surface area contributed by atoms with Gasteiger partial charge >= 0.3 is 0 Å². The van der Waals surface area contributed by atoms with Gasteiger partial charge in [0.25, 0.3) is 0 Å². The Balaban J connectivity index is 3.54. The Labute approximate surface area is 312 Å². The van der Waals surface area contributed by atoms with Gasteiger partial charge in [0, 0.05) is 6.42 Å². The van der Waals surface area contributed by atoms with Crippen LogP contribution in [0.3, 0.4) is 0 Å². The van der Waals surface area contributed by atoms with Crippen molar-refractivity contribution in [2.75, 3.05) is 6.61 Å². The molecule has 4 heteroatoms. The summed E-state index contributed by atoms with van der Waals surface area (Å²) in [6.45, 7) is 4.29. The number of carbonyl (C=O) groups is 1. The highest BCUT2D eigenvalue weighted by Gasteiger charge is 2.17. The van der Waals surface area contributed by atoms with Crippen molar-refractivity contribution in [3.8, 4) is 0 Å². The van der Waals surface area contributed by atoms with Gasteiger partial charge in [0.05, 0.1) is 18.8 Å². The van der Waals surface area contributed by atoms with E-state index < -0.39 is 12.1 Å². The zero-order valence-corrected chi connectivity index (χ0v) is 33.7. The number of nitrogens with one attached hydrogen (secondary N) is 1. The summed E-state index contributed by atoms with van der Waals surface area (Å²) in [5.74, 6) is -0.0760. The minimum atomic E-state index is -0.860. The summed E-state index contributed by atoms with van der Waals surface area (Å²) in [5, 5.41) is 22.9. The molecule has 0 aliphatic carbocycles. The lowest BCUT2D eigenvalue weighted by molar-refractivity contribution is -0.123. The predicted octanol–water partition coefficient (Wildman–Crippen LogP) is 13.8. The third-order valence-corrected chi connectivity index (χ3v) is 10.1. The summed E-state index contributed by atoms with van der Waals surface area (Å²) in [7, 11) is 0. The van der Waals surface area contributed by atoms with Crippen molar-refractivity contribution >= 4 is 5.91 Å². The molecule has 0 aromatic rings. The van der Waals surface area contributed by atoms with Gasteiger partial charge in [-0.3, -0.25) is 4.79 Å². The molecule has 0 saturated heterocycles. The summed E-state index contributed by atoms with van der Waals surface area (Å²) in [6.07, 6.45) is 55.5. The molecule has 0 aromatic heterocycles. The zero-order valence-electron chi connectivity index (χ0n) is 33.7. The fourth-order valence-corrected chi connectivity index (χ4v) is 6.66. The minimum absolute atomic E-state index is 0.0760. The fourth-order valence-electron chi connectivity index (χ4n) is 6.66. The van der Waals surface area contributed by atoms with E-state index in [1.165, 1.54) is 180 Å². The standard InChI is InChI=1S/C46H87NO3/c1-3-5-7-9-11-13-15-17-18-19-20-21-22-23-24-25-26-27-28-30-32-34-36-38-40-42-46(50)47-44(43-48)45(49)41-39-37-35-33-31-29-16-14-12-10-8-6-4-2/h23-24,31,33,39,41,44-45,48-49H,3-22,25-30,32,34-38,40,42-43H2,1-2H3,(H,47,50)/b24-23-,33-31+,41-39+. The van der Waals surface area contributed by atoms with Crippen LogP contribution in [0.4, 0.5) is 0 Å². The van der Waals surface area contributed by atoms with Gasteiger partial charge in [-0.25, -0.2) is 0 Å². The molecule has 1 amide bonds. The van der Waals surface area contributed by atoms with Crippen LogP contribution in [0.2, 0.25) is 0 Å². The van der Waals surface area contributed by atoms with Gasteiger partial charge in [-0.1, -0.05) is 204 Å². The number of amides is 1. The third kappa shape index (κ3) is 37.9. The molecule has 0 bridgehead atoms. The number of aliphatic hydroxyl groups excluding tert-OH is 2. The Morgan fingerprint density at radius 2 is 0.780 bits per heavy atom. The number of hydrogen-bond donors (Lipinski definition) is 3. The molecule has 0 radical (unpaired) electrons. The lowest BCUT2D eigenvalue weighted by atomic mass is 10.0. The van der Waals surface area contributed by atoms with E-state index in [0.717, 1.165) is 32.1 Å². The molecular formula is C46H87NO3. The van der Waals surface area contributed by atoms with Crippen molar-refractivity contribution in [2.45, 2.75) is 244 Å². The number of aliphatic hydroxyl groups is 2. The summed E-state index contributed by atoms with van der Waals surface area (Å²) in [6, 6.07) is -0.638. The van der Waals surface area contributed by atoms with Crippen molar-refractivity contribution in [2.24, 2.45) is 0 Å². The highest BCUT2D eigenvalue weighted by molar-refractivity contribution is 5.76. The molecule has 2 unspecified atom stereocenters. The van der Waals surface area contributed by atoms with Gasteiger partial charge in [0.2, 0.25) is 5.91 Å². The first-order chi connectivity index (χ1) is 24.7.